The van der Waals surface area contributed by atoms with E-state index in [1.807, 2.05) is 26.0 Å². The summed E-state index contributed by atoms with van der Waals surface area (Å²) in [7, 11) is 0. The van der Waals surface area contributed by atoms with Gasteiger partial charge >= 0.3 is 0 Å². The van der Waals surface area contributed by atoms with Crippen LogP contribution < -0.4 is 0 Å². The molecule has 3 nitrogen and oxygen atoms in total. The molecule has 3 heteroatoms. The normalized spacial score (nSPS) is 17.6. The number of hydrogen-bond acceptors (Lipinski definition) is 3. The van der Waals surface area contributed by atoms with Crippen molar-refractivity contribution in [1.82, 2.24) is 0 Å². The third kappa shape index (κ3) is 1.13. The van der Waals surface area contributed by atoms with E-state index in [1.54, 1.807) is 0 Å². The molecule has 0 amide bonds. The average Bonchev–Trinajstić information content (AvgIpc) is 2.45. The molecular formula is C11H11NO2. The molecule has 0 unspecified atom stereocenters. The van der Waals surface area contributed by atoms with E-state index in [0.717, 1.165) is 16.7 Å². The maximum atomic E-state index is 11.6. The van der Waals surface area contributed by atoms with Crippen LogP contribution in [-0.2, 0) is 6.42 Å². The van der Waals surface area contributed by atoms with Crippen molar-refractivity contribution in [2.45, 2.75) is 20.3 Å². The van der Waals surface area contributed by atoms with Gasteiger partial charge < -0.3 is 5.21 Å². The predicted octanol–water partition coefficient (Wildman–Crippen LogP) is 1.87. The third-order valence-corrected chi connectivity index (χ3v) is 2.70. The lowest BCUT2D eigenvalue weighted by Crippen LogP contribution is -2.06. The molecule has 0 saturated heterocycles. The first-order valence-electron chi connectivity index (χ1n) is 4.49. The monoisotopic (exact) mass is 189 g/mol. The lowest BCUT2D eigenvalue weighted by Gasteiger charge is -2.02. The number of nitrogens with zero attached hydrogens (tertiary/aromatic N) is 1. The largest absolute Gasteiger partial charge is 0.411 e. The molecule has 14 heavy (non-hydrogen) atoms. The fourth-order valence-corrected chi connectivity index (χ4v) is 1.73. The molecule has 0 heterocycles. The van der Waals surface area contributed by atoms with E-state index < -0.39 is 0 Å². The summed E-state index contributed by atoms with van der Waals surface area (Å²) in [6.07, 6.45) is 0.450. The van der Waals surface area contributed by atoms with Crippen LogP contribution in [0.15, 0.2) is 17.3 Å². The standard InChI is InChI=1S/C11H11NO2/c1-6-3-8-5-10(12-14)11(13)9(8)4-7(6)2/h3-4,14H,5H2,1-2H3/b12-10+. The highest BCUT2D eigenvalue weighted by Crippen LogP contribution is 2.23. The Bertz CT molecular complexity index is 447. The second-order valence-corrected chi connectivity index (χ2v) is 3.65. The Morgan fingerprint density at radius 2 is 1.93 bits per heavy atom. The maximum absolute atomic E-state index is 11.6. The van der Waals surface area contributed by atoms with E-state index in [-0.39, 0.29) is 11.5 Å². The number of carbonyl (C=O) groups is 1. The molecule has 0 atom stereocenters. The minimum absolute atomic E-state index is 0.148. The van der Waals surface area contributed by atoms with Crippen LogP contribution in [0.25, 0.3) is 0 Å². The van der Waals surface area contributed by atoms with E-state index in [9.17, 15) is 4.79 Å². The highest BCUT2D eigenvalue weighted by molar-refractivity contribution is 6.49. The van der Waals surface area contributed by atoms with Crippen molar-refractivity contribution in [2.75, 3.05) is 0 Å². The molecule has 1 N–H and O–H groups in total. The first-order valence-corrected chi connectivity index (χ1v) is 4.49. The first-order chi connectivity index (χ1) is 6.63. The highest BCUT2D eigenvalue weighted by atomic mass is 16.4. The Morgan fingerprint density at radius 1 is 1.29 bits per heavy atom. The minimum Gasteiger partial charge on any atom is -0.411 e. The second kappa shape index (κ2) is 2.94. The van der Waals surface area contributed by atoms with Crippen LogP contribution in [0.5, 0.6) is 0 Å². The zero-order chi connectivity index (χ0) is 10.3. The second-order valence-electron chi connectivity index (χ2n) is 3.65. The Hall–Kier alpha value is -1.64. The number of benzene rings is 1. The number of carbonyl (C=O) groups excluding carboxylic acids is 1. The average molecular weight is 189 g/mol. The molecule has 0 bridgehead atoms. The topological polar surface area (TPSA) is 49.7 Å². The van der Waals surface area contributed by atoms with Crippen LogP contribution >= 0.6 is 0 Å². The fourth-order valence-electron chi connectivity index (χ4n) is 1.73. The van der Waals surface area contributed by atoms with Gasteiger partial charge in [0.15, 0.2) is 0 Å². The molecule has 1 aliphatic carbocycles. The van der Waals surface area contributed by atoms with Gasteiger partial charge in [-0.3, -0.25) is 4.79 Å². The SMILES string of the molecule is Cc1cc2c(cc1C)C(=O)/C(=N/O)C2. The Balaban J connectivity index is 2.61. The third-order valence-electron chi connectivity index (χ3n) is 2.70. The molecule has 0 spiro atoms. The van der Waals surface area contributed by atoms with Crippen molar-refractivity contribution < 1.29 is 10.0 Å². The van der Waals surface area contributed by atoms with E-state index in [2.05, 4.69) is 5.16 Å². The summed E-state index contributed by atoms with van der Waals surface area (Å²) in [6, 6.07) is 3.85. The quantitative estimate of drug-likeness (QED) is 0.500. The summed E-state index contributed by atoms with van der Waals surface area (Å²) >= 11 is 0. The van der Waals surface area contributed by atoms with Crippen LogP contribution in [0.4, 0.5) is 0 Å². The molecule has 1 aromatic rings. The molecule has 0 aliphatic heterocycles. The fraction of sp³-hybridized carbons (Fsp3) is 0.273. The number of Topliss-reactive ketones (excluding diaryl/α,β-unsaturated/α-hetero) is 1. The van der Waals surface area contributed by atoms with Crippen molar-refractivity contribution in [1.29, 1.82) is 0 Å². The van der Waals surface area contributed by atoms with Gasteiger partial charge in [-0.25, -0.2) is 0 Å². The van der Waals surface area contributed by atoms with Crippen LogP contribution in [0.2, 0.25) is 0 Å². The Kier molecular flexibility index (Phi) is 1.88. The lowest BCUT2D eigenvalue weighted by molar-refractivity contribution is 0.106. The number of hydrogen-bond donors (Lipinski definition) is 1. The minimum atomic E-state index is -0.148. The first kappa shape index (κ1) is 8.94. The summed E-state index contributed by atoms with van der Waals surface area (Å²) in [5.41, 5.74) is 4.14. The van der Waals surface area contributed by atoms with Crippen LogP contribution in [-0.4, -0.2) is 16.7 Å². The molecule has 0 fully saturated rings. The molecule has 0 saturated carbocycles. The van der Waals surface area contributed by atoms with Gasteiger partial charge in [0.2, 0.25) is 5.78 Å². The van der Waals surface area contributed by atoms with Gasteiger partial charge in [0.1, 0.15) is 5.71 Å². The number of rotatable bonds is 0. The van der Waals surface area contributed by atoms with Gasteiger partial charge in [-0.2, -0.15) is 0 Å². The van der Waals surface area contributed by atoms with Gasteiger partial charge in [-0.05, 0) is 36.6 Å². The molecule has 1 aliphatic rings. The van der Waals surface area contributed by atoms with Gasteiger partial charge in [0.25, 0.3) is 0 Å². The van der Waals surface area contributed by atoms with Crippen LogP contribution in [0.1, 0.15) is 27.0 Å². The Labute approximate surface area is 82.1 Å². The van der Waals surface area contributed by atoms with Crippen molar-refractivity contribution in [2.24, 2.45) is 5.16 Å². The van der Waals surface area contributed by atoms with Crippen molar-refractivity contribution in [3.8, 4) is 0 Å². The number of oxime groups is 1. The van der Waals surface area contributed by atoms with E-state index in [1.165, 1.54) is 0 Å². The molecule has 1 aromatic carbocycles. The van der Waals surface area contributed by atoms with E-state index >= 15 is 0 Å². The summed E-state index contributed by atoms with van der Waals surface area (Å²) < 4.78 is 0. The van der Waals surface area contributed by atoms with Crippen LogP contribution in [0, 0.1) is 13.8 Å². The van der Waals surface area contributed by atoms with Gasteiger partial charge in [-0.15, -0.1) is 0 Å². The molecule has 0 aromatic heterocycles. The van der Waals surface area contributed by atoms with E-state index in [4.69, 9.17) is 5.21 Å². The predicted molar refractivity (Wildman–Crippen MR) is 53.2 cm³/mol. The van der Waals surface area contributed by atoms with Gasteiger partial charge in [0.05, 0.1) is 0 Å². The zero-order valence-corrected chi connectivity index (χ0v) is 8.16. The Morgan fingerprint density at radius 3 is 2.57 bits per heavy atom. The molecule has 2 rings (SSSR count). The van der Waals surface area contributed by atoms with E-state index in [0.29, 0.717) is 12.0 Å². The van der Waals surface area contributed by atoms with Crippen molar-refractivity contribution in [3.05, 3.63) is 34.4 Å². The zero-order valence-electron chi connectivity index (χ0n) is 8.16. The number of fused-ring (bicyclic) bond motifs is 1. The lowest BCUT2D eigenvalue weighted by atomic mass is 10.0. The summed E-state index contributed by atoms with van der Waals surface area (Å²) in [6.45, 7) is 3.98. The number of ketones is 1. The maximum Gasteiger partial charge on any atom is 0.211 e. The molecule has 72 valence electrons. The highest BCUT2D eigenvalue weighted by Gasteiger charge is 2.27. The molecular weight excluding hydrogens is 178 g/mol. The summed E-state index contributed by atoms with van der Waals surface area (Å²) in [5.74, 6) is -0.148. The number of aryl methyl sites for hydroxylation is 2. The van der Waals surface area contributed by atoms with Crippen molar-refractivity contribution >= 4 is 11.5 Å². The smallest absolute Gasteiger partial charge is 0.211 e. The van der Waals surface area contributed by atoms with Gasteiger partial charge in [0, 0.05) is 12.0 Å². The van der Waals surface area contributed by atoms with Crippen LogP contribution in [0.3, 0.4) is 0 Å². The summed E-state index contributed by atoms with van der Waals surface area (Å²) in [4.78, 5) is 11.6. The van der Waals surface area contributed by atoms with Crippen molar-refractivity contribution in [3.63, 3.8) is 0 Å². The van der Waals surface area contributed by atoms with Gasteiger partial charge in [-0.1, -0.05) is 11.2 Å². The summed E-state index contributed by atoms with van der Waals surface area (Å²) in [5, 5.41) is 11.6. The molecule has 0 radical (unpaired) electrons.